The number of amides is 1. The number of carboxylic acids is 1. The van der Waals surface area contributed by atoms with E-state index < -0.39 is 12.0 Å². The molecule has 1 saturated heterocycles. The summed E-state index contributed by atoms with van der Waals surface area (Å²) in [7, 11) is 0. The largest absolute Gasteiger partial charge is 0.480 e. The molecule has 1 saturated carbocycles. The zero-order chi connectivity index (χ0) is 14.0. The second-order valence-electron chi connectivity index (χ2n) is 6.08. The lowest BCUT2D eigenvalue weighted by molar-refractivity contribution is -0.143. The highest BCUT2D eigenvalue weighted by Gasteiger charge is 2.58. The Hall–Kier alpha value is -1.10. The predicted molar refractivity (Wildman–Crippen MR) is 71.7 cm³/mol. The predicted octanol–water partition coefficient (Wildman–Crippen LogP) is 0.992. The van der Waals surface area contributed by atoms with Crippen LogP contribution in [0.25, 0.3) is 0 Å². The van der Waals surface area contributed by atoms with Crippen LogP contribution in [0.15, 0.2) is 0 Å². The van der Waals surface area contributed by atoms with Crippen LogP contribution in [0, 0.1) is 17.3 Å². The maximum Gasteiger partial charge on any atom is 0.326 e. The summed E-state index contributed by atoms with van der Waals surface area (Å²) in [5.74, 6) is -0.998. The highest BCUT2D eigenvalue weighted by molar-refractivity contribution is 5.87. The quantitative estimate of drug-likeness (QED) is 0.695. The van der Waals surface area contributed by atoms with E-state index in [1.165, 1.54) is 0 Å². The number of carbonyl (C=O) groups excluding carboxylic acids is 1. The summed E-state index contributed by atoms with van der Waals surface area (Å²) >= 11 is 0. The van der Waals surface area contributed by atoms with Crippen LogP contribution in [0.2, 0.25) is 0 Å². The van der Waals surface area contributed by atoms with E-state index in [0.717, 1.165) is 38.8 Å². The van der Waals surface area contributed by atoms with E-state index in [-0.39, 0.29) is 23.2 Å². The number of carboxylic acid groups (broad SMARTS) is 1. The zero-order valence-corrected chi connectivity index (χ0v) is 11.7. The minimum absolute atomic E-state index is 0.0282. The topological polar surface area (TPSA) is 78.4 Å². The third-order valence-corrected chi connectivity index (χ3v) is 4.88. The lowest BCUT2D eigenvalue weighted by atomic mass is 9.91. The van der Waals surface area contributed by atoms with Crippen molar-refractivity contribution in [2.45, 2.75) is 45.6 Å². The normalized spacial score (nSPS) is 27.6. The molecule has 1 amide bonds. The molecule has 0 aromatic heterocycles. The molecule has 0 radical (unpaired) electrons. The van der Waals surface area contributed by atoms with Crippen LogP contribution in [-0.2, 0) is 9.59 Å². The van der Waals surface area contributed by atoms with E-state index in [9.17, 15) is 14.7 Å². The summed E-state index contributed by atoms with van der Waals surface area (Å²) in [5, 5.41) is 15.2. The average Bonchev–Trinajstić information content (AvgIpc) is 3.09. The van der Waals surface area contributed by atoms with Gasteiger partial charge in [-0.05, 0) is 43.7 Å². The fraction of sp³-hybridized carbons (Fsp3) is 0.857. The standard InChI is InChI=1S/C14H24N2O3/c1-3-9(2)11(13(18)19)16-12(17)10-8-14(10)4-6-15-7-5-14/h9-11,15H,3-8H2,1-2H3,(H,16,17)(H,18,19)/t9-,10?,11-/m0/s1. The van der Waals surface area contributed by atoms with E-state index in [1.54, 1.807) is 0 Å². The van der Waals surface area contributed by atoms with Crippen molar-refractivity contribution in [2.75, 3.05) is 13.1 Å². The van der Waals surface area contributed by atoms with Crippen molar-refractivity contribution in [3.8, 4) is 0 Å². The highest BCUT2D eigenvalue weighted by atomic mass is 16.4. The van der Waals surface area contributed by atoms with Crippen molar-refractivity contribution in [1.82, 2.24) is 10.6 Å². The fourth-order valence-electron chi connectivity index (χ4n) is 3.13. The molecule has 0 aromatic carbocycles. The van der Waals surface area contributed by atoms with Gasteiger partial charge in [-0.3, -0.25) is 4.79 Å². The Morgan fingerprint density at radius 1 is 1.42 bits per heavy atom. The number of rotatable bonds is 5. The molecule has 0 bridgehead atoms. The number of carbonyl (C=O) groups is 2. The second kappa shape index (κ2) is 5.49. The molecule has 1 heterocycles. The summed E-state index contributed by atoms with van der Waals surface area (Å²) < 4.78 is 0. The molecule has 1 aliphatic heterocycles. The SMILES string of the molecule is CC[C@H](C)[C@H](NC(=O)C1CC12CCNCC2)C(=O)O. The fourth-order valence-corrected chi connectivity index (χ4v) is 3.13. The van der Waals surface area contributed by atoms with Crippen molar-refractivity contribution in [3.05, 3.63) is 0 Å². The molecule has 19 heavy (non-hydrogen) atoms. The van der Waals surface area contributed by atoms with Gasteiger partial charge in [0.25, 0.3) is 0 Å². The van der Waals surface area contributed by atoms with Gasteiger partial charge in [-0.25, -0.2) is 4.79 Å². The van der Waals surface area contributed by atoms with Gasteiger partial charge in [0.15, 0.2) is 0 Å². The first-order valence-corrected chi connectivity index (χ1v) is 7.24. The average molecular weight is 268 g/mol. The molecule has 108 valence electrons. The summed E-state index contributed by atoms with van der Waals surface area (Å²) in [6.45, 7) is 5.75. The maximum absolute atomic E-state index is 12.2. The molecule has 3 atom stereocenters. The van der Waals surface area contributed by atoms with E-state index in [2.05, 4.69) is 10.6 Å². The molecule has 1 unspecified atom stereocenters. The number of hydrogen-bond acceptors (Lipinski definition) is 3. The van der Waals surface area contributed by atoms with Crippen LogP contribution in [0.1, 0.15) is 39.5 Å². The van der Waals surface area contributed by atoms with Crippen LogP contribution < -0.4 is 10.6 Å². The van der Waals surface area contributed by atoms with Crippen molar-refractivity contribution in [3.63, 3.8) is 0 Å². The third kappa shape index (κ3) is 2.91. The number of hydrogen-bond donors (Lipinski definition) is 3. The Kier molecular flexibility index (Phi) is 4.13. The molecule has 1 spiro atoms. The third-order valence-electron chi connectivity index (χ3n) is 4.88. The Labute approximate surface area is 114 Å². The van der Waals surface area contributed by atoms with Gasteiger partial charge in [0.1, 0.15) is 6.04 Å². The molecule has 3 N–H and O–H groups in total. The van der Waals surface area contributed by atoms with Crippen molar-refractivity contribution in [2.24, 2.45) is 17.3 Å². The monoisotopic (exact) mass is 268 g/mol. The van der Waals surface area contributed by atoms with Crippen molar-refractivity contribution >= 4 is 11.9 Å². The first kappa shape index (κ1) is 14.3. The van der Waals surface area contributed by atoms with Crippen LogP contribution in [-0.4, -0.2) is 36.1 Å². The second-order valence-corrected chi connectivity index (χ2v) is 6.08. The van der Waals surface area contributed by atoms with Crippen molar-refractivity contribution in [1.29, 1.82) is 0 Å². The van der Waals surface area contributed by atoms with Crippen LogP contribution in [0.4, 0.5) is 0 Å². The van der Waals surface area contributed by atoms with Crippen molar-refractivity contribution < 1.29 is 14.7 Å². The first-order chi connectivity index (χ1) is 9.00. The first-order valence-electron chi connectivity index (χ1n) is 7.24. The van der Waals surface area contributed by atoms with Gasteiger partial charge in [-0.1, -0.05) is 20.3 Å². The van der Waals surface area contributed by atoms with Gasteiger partial charge >= 0.3 is 5.97 Å². The summed E-state index contributed by atoms with van der Waals surface area (Å²) in [4.78, 5) is 23.4. The van der Waals surface area contributed by atoms with Crippen LogP contribution >= 0.6 is 0 Å². The van der Waals surface area contributed by atoms with E-state index in [1.807, 2.05) is 13.8 Å². The van der Waals surface area contributed by atoms with Crippen LogP contribution in [0.3, 0.4) is 0 Å². The molecule has 5 heteroatoms. The van der Waals surface area contributed by atoms with E-state index in [0.29, 0.717) is 0 Å². The molecule has 2 aliphatic rings. The van der Waals surface area contributed by atoms with Gasteiger partial charge in [0.2, 0.25) is 5.91 Å². The molecule has 1 aliphatic carbocycles. The Bertz CT molecular complexity index is 364. The van der Waals surface area contributed by atoms with E-state index >= 15 is 0 Å². The number of nitrogens with one attached hydrogen (secondary N) is 2. The molecule has 5 nitrogen and oxygen atoms in total. The molecule has 0 aromatic rings. The van der Waals surface area contributed by atoms with Gasteiger partial charge < -0.3 is 15.7 Å². The minimum Gasteiger partial charge on any atom is -0.480 e. The Morgan fingerprint density at radius 2 is 2.05 bits per heavy atom. The maximum atomic E-state index is 12.2. The van der Waals surface area contributed by atoms with Crippen LogP contribution in [0.5, 0.6) is 0 Å². The minimum atomic E-state index is -0.928. The molecular formula is C14H24N2O3. The molecule has 2 rings (SSSR count). The summed E-state index contributed by atoms with van der Waals surface area (Å²) in [5.41, 5.74) is 0.161. The molecular weight excluding hydrogens is 244 g/mol. The van der Waals surface area contributed by atoms with E-state index in [4.69, 9.17) is 0 Å². The van der Waals surface area contributed by atoms with Gasteiger partial charge in [0, 0.05) is 5.92 Å². The van der Waals surface area contributed by atoms with Gasteiger partial charge in [0.05, 0.1) is 0 Å². The Balaban J connectivity index is 1.92. The molecule has 2 fully saturated rings. The zero-order valence-electron chi connectivity index (χ0n) is 11.7. The number of piperidine rings is 1. The lowest BCUT2D eigenvalue weighted by Crippen LogP contribution is -2.46. The van der Waals surface area contributed by atoms with Gasteiger partial charge in [-0.15, -0.1) is 0 Å². The van der Waals surface area contributed by atoms with Gasteiger partial charge in [-0.2, -0.15) is 0 Å². The summed E-state index contributed by atoms with van der Waals surface area (Å²) in [6.07, 6.45) is 3.74. The summed E-state index contributed by atoms with van der Waals surface area (Å²) in [6, 6.07) is -0.753. The lowest BCUT2D eigenvalue weighted by Gasteiger charge is -2.24. The highest BCUT2D eigenvalue weighted by Crippen LogP contribution is 2.58. The smallest absolute Gasteiger partial charge is 0.326 e. The number of aliphatic carboxylic acids is 1. The Morgan fingerprint density at radius 3 is 2.58 bits per heavy atom.